The van der Waals surface area contributed by atoms with Crippen molar-refractivity contribution < 1.29 is 23.7 Å². The quantitative estimate of drug-likeness (QED) is 0.118. The molecule has 0 unspecified atom stereocenters. The minimum absolute atomic E-state index is 0.390. The summed E-state index contributed by atoms with van der Waals surface area (Å²) in [6.45, 7) is 8.91. The summed E-state index contributed by atoms with van der Waals surface area (Å²) in [7, 11) is 0. The van der Waals surface area contributed by atoms with E-state index in [4.69, 9.17) is 18.9 Å². The highest BCUT2D eigenvalue weighted by Gasteiger charge is 2.09. The Hall–Kier alpha value is -3.99. The van der Waals surface area contributed by atoms with Crippen molar-refractivity contribution in [1.29, 1.82) is 0 Å². The van der Waals surface area contributed by atoms with Gasteiger partial charge in [0.25, 0.3) is 0 Å². The molecule has 0 aliphatic carbocycles. The van der Waals surface area contributed by atoms with Gasteiger partial charge in [0, 0.05) is 6.42 Å². The van der Waals surface area contributed by atoms with Gasteiger partial charge < -0.3 is 18.9 Å². The van der Waals surface area contributed by atoms with E-state index in [2.05, 4.69) is 13.2 Å². The smallest absolute Gasteiger partial charge is 0.343 e. The van der Waals surface area contributed by atoms with E-state index in [-0.39, 0.29) is 5.97 Å². The first-order valence-electron chi connectivity index (χ1n) is 11.3. The first kappa shape index (κ1) is 24.6. The fourth-order valence-electron chi connectivity index (χ4n) is 3.25. The summed E-state index contributed by atoms with van der Waals surface area (Å²) in [6.07, 6.45) is 5.48. The van der Waals surface area contributed by atoms with Gasteiger partial charge in [-0.1, -0.05) is 49.6 Å². The topological polar surface area (TPSA) is 54.0 Å². The van der Waals surface area contributed by atoms with Gasteiger partial charge >= 0.3 is 5.97 Å². The maximum absolute atomic E-state index is 12.5. The van der Waals surface area contributed by atoms with E-state index in [1.807, 2.05) is 48.5 Å². The minimum atomic E-state index is -0.390. The van der Waals surface area contributed by atoms with E-state index in [1.54, 1.807) is 24.3 Å². The van der Waals surface area contributed by atoms with E-state index < -0.39 is 0 Å². The molecule has 0 bridgehead atoms. The molecule has 0 aliphatic rings. The molecule has 3 aromatic carbocycles. The number of carbonyl (C=O) groups is 1. The lowest BCUT2D eigenvalue weighted by molar-refractivity contribution is 0.0735. The second kappa shape index (κ2) is 13.5. The van der Waals surface area contributed by atoms with Crippen LogP contribution in [0.4, 0.5) is 0 Å². The summed E-state index contributed by atoms with van der Waals surface area (Å²) in [5.74, 6) is 0.940. The number of rotatable bonds is 14. The Labute approximate surface area is 201 Å². The van der Waals surface area contributed by atoms with Crippen LogP contribution in [0.5, 0.6) is 11.5 Å². The Bertz CT molecular complexity index is 1040. The van der Waals surface area contributed by atoms with Crippen molar-refractivity contribution in [3.05, 3.63) is 110 Å². The van der Waals surface area contributed by atoms with Crippen LogP contribution in [0, 0.1) is 0 Å². The number of benzene rings is 3. The fourth-order valence-corrected chi connectivity index (χ4v) is 3.25. The number of hydrogen-bond acceptors (Lipinski definition) is 5. The third kappa shape index (κ3) is 7.85. The molecule has 5 heteroatoms. The fraction of sp³-hybridized carbons (Fsp3) is 0.207. The molecular formula is C29H30O5. The lowest BCUT2D eigenvalue weighted by Gasteiger charge is -2.09. The molecule has 3 aromatic rings. The standard InChI is InChI=1S/C29H30O5/c1-3-31-20-5-6-21-33-27-15-11-24(12-16-27)25-13-17-28(18-14-25)34-29(30)26-9-7-23(8-10-26)19-22-32-4-2/h3-4,7-18H,1-2,5-6,19-22H2. The van der Waals surface area contributed by atoms with Crippen molar-refractivity contribution >= 4 is 5.97 Å². The van der Waals surface area contributed by atoms with Crippen LogP contribution in [0.15, 0.2) is 98.5 Å². The van der Waals surface area contributed by atoms with Crippen molar-refractivity contribution in [2.75, 3.05) is 19.8 Å². The zero-order valence-electron chi connectivity index (χ0n) is 19.3. The lowest BCUT2D eigenvalue weighted by atomic mass is 10.1. The first-order chi connectivity index (χ1) is 16.7. The van der Waals surface area contributed by atoms with Crippen LogP contribution >= 0.6 is 0 Å². The molecule has 5 nitrogen and oxygen atoms in total. The molecule has 0 saturated carbocycles. The summed E-state index contributed by atoms with van der Waals surface area (Å²) in [6, 6.07) is 22.7. The van der Waals surface area contributed by atoms with Crippen LogP contribution in [0.1, 0.15) is 28.8 Å². The molecule has 34 heavy (non-hydrogen) atoms. The summed E-state index contributed by atoms with van der Waals surface area (Å²) >= 11 is 0. The molecule has 0 atom stereocenters. The van der Waals surface area contributed by atoms with Gasteiger partial charge in [0.15, 0.2) is 0 Å². The maximum Gasteiger partial charge on any atom is 0.343 e. The molecule has 0 aromatic heterocycles. The van der Waals surface area contributed by atoms with Crippen LogP contribution in [0.25, 0.3) is 11.1 Å². The Morgan fingerprint density at radius 2 is 1.24 bits per heavy atom. The van der Waals surface area contributed by atoms with Crippen LogP contribution in [-0.4, -0.2) is 25.8 Å². The predicted molar refractivity (Wildman–Crippen MR) is 134 cm³/mol. The minimum Gasteiger partial charge on any atom is -0.502 e. The number of unbranched alkanes of at least 4 members (excludes halogenated alkanes) is 1. The zero-order valence-corrected chi connectivity index (χ0v) is 19.3. The number of carbonyl (C=O) groups excluding carboxylic acids is 1. The molecule has 0 amide bonds. The molecule has 176 valence electrons. The summed E-state index contributed by atoms with van der Waals surface area (Å²) in [5, 5.41) is 0. The first-order valence-corrected chi connectivity index (χ1v) is 11.3. The second-order valence-corrected chi connectivity index (χ2v) is 7.52. The van der Waals surface area contributed by atoms with Gasteiger partial charge in [0.05, 0.1) is 37.9 Å². The summed E-state index contributed by atoms with van der Waals surface area (Å²) in [5.41, 5.74) is 3.67. The van der Waals surface area contributed by atoms with Crippen molar-refractivity contribution in [3.8, 4) is 22.6 Å². The molecule has 0 N–H and O–H groups in total. The van der Waals surface area contributed by atoms with Gasteiger partial charge in [-0.2, -0.15) is 0 Å². The van der Waals surface area contributed by atoms with E-state index in [0.717, 1.165) is 41.7 Å². The molecule has 0 radical (unpaired) electrons. The Kier molecular flexibility index (Phi) is 9.81. The van der Waals surface area contributed by atoms with Crippen molar-refractivity contribution in [1.82, 2.24) is 0 Å². The average Bonchev–Trinajstić information content (AvgIpc) is 2.87. The normalized spacial score (nSPS) is 10.2. The summed E-state index contributed by atoms with van der Waals surface area (Å²) in [4.78, 5) is 12.5. The number of esters is 1. The summed E-state index contributed by atoms with van der Waals surface area (Å²) < 4.78 is 21.5. The van der Waals surface area contributed by atoms with Crippen LogP contribution in [-0.2, 0) is 15.9 Å². The van der Waals surface area contributed by atoms with Gasteiger partial charge in [-0.3, -0.25) is 0 Å². The highest BCUT2D eigenvalue weighted by Crippen LogP contribution is 2.25. The Balaban J connectivity index is 1.49. The van der Waals surface area contributed by atoms with E-state index in [9.17, 15) is 4.79 Å². The van der Waals surface area contributed by atoms with Gasteiger partial charge in [0.1, 0.15) is 11.5 Å². The largest absolute Gasteiger partial charge is 0.502 e. The van der Waals surface area contributed by atoms with Crippen LogP contribution in [0.2, 0.25) is 0 Å². The molecule has 0 fully saturated rings. The highest BCUT2D eigenvalue weighted by atomic mass is 16.5. The average molecular weight is 459 g/mol. The zero-order chi connectivity index (χ0) is 24.0. The number of ether oxygens (including phenoxy) is 4. The molecule has 0 spiro atoms. The SMILES string of the molecule is C=COCCCCOc1ccc(-c2ccc(OC(=O)c3ccc(CCOC=C)cc3)cc2)cc1. The Morgan fingerprint density at radius 3 is 1.85 bits per heavy atom. The van der Waals surface area contributed by atoms with E-state index in [0.29, 0.717) is 31.1 Å². The number of hydrogen-bond donors (Lipinski definition) is 0. The van der Waals surface area contributed by atoms with Crippen LogP contribution in [0.3, 0.4) is 0 Å². The van der Waals surface area contributed by atoms with E-state index >= 15 is 0 Å². The molecule has 0 saturated heterocycles. The second-order valence-electron chi connectivity index (χ2n) is 7.52. The molecule has 3 rings (SSSR count). The van der Waals surface area contributed by atoms with Crippen LogP contribution < -0.4 is 9.47 Å². The third-order valence-corrected chi connectivity index (χ3v) is 5.11. The highest BCUT2D eigenvalue weighted by molar-refractivity contribution is 5.91. The molecule has 0 aliphatic heterocycles. The van der Waals surface area contributed by atoms with Crippen molar-refractivity contribution in [3.63, 3.8) is 0 Å². The van der Waals surface area contributed by atoms with E-state index in [1.165, 1.54) is 12.5 Å². The maximum atomic E-state index is 12.5. The predicted octanol–water partition coefficient (Wildman–Crippen LogP) is 6.59. The molecular weight excluding hydrogens is 428 g/mol. The molecule has 0 heterocycles. The van der Waals surface area contributed by atoms with Gasteiger partial charge in [-0.05, 0) is 65.9 Å². The third-order valence-electron chi connectivity index (χ3n) is 5.11. The van der Waals surface area contributed by atoms with Gasteiger partial charge in [-0.25, -0.2) is 4.79 Å². The van der Waals surface area contributed by atoms with Gasteiger partial charge in [-0.15, -0.1) is 0 Å². The monoisotopic (exact) mass is 458 g/mol. The Morgan fingerprint density at radius 1 is 0.676 bits per heavy atom. The van der Waals surface area contributed by atoms with Crippen molar-refractivity contribution in [2.24, 2.45) is 0 Å². The van der Waals surface area contributed by atoms with Gasteiger partial charge in [0.2, 0.25) is 0 Å². The van der Waals surface area contributed by atoms with Crippen molar-refractivity contribution in [2.45, 2.75) is 19.3 Å². The lowest BCUT2D eigenvalue weighted by Crippen LogP contribution is -2.08.